The van der Waals surface area contributed by atoms with Crippen LogP contribution in [0.3, 0.4) is 0 Å². The number of benzene rings is 1. The van der Waals surface area contributed by atoms with Crippen LogP contribution < -0.4 is 10.2 Å². The van der Waals surface area contributed by atoms with Crippen LogP contribution in [0.5, 0.6) is 0 Å². The van der Waals surface area contributed by atoms with E-state index in [1.54, 1.807) is 7.05 Å². The molecule has 4 nitrogen and oxygen atoms in total. The number of halogens is 3. The summed E-state index contributed by atoms with van der Waals surface area (Å²) in [5, 5.41) is 3.47. The lowest BCUT2D eigenvalue weighted by atomic mass is 9.93. The van der Waals surface area contributed by atoms with Gasteiger partial charge in [0.25, 0.3) is 0 Å². The average Bonchev–Trinajstić information content (AvgIpc) is 2.49. The van der Waals surface area contributed by atoms with Crippen LogP contribution in [0.25, 0.3) is 0 Å². The van der Waals surface area contributed by atoms with E-state index in [0.29, 0.717) is 24.8 Å². The molecular formula is C16H23F2IN4. The first kappa shape index (κ1) is 18.2. The molecule has 1 N–H and O–H groups in total. The highest BCUT2D eigenvalue weighted by atomic mass is 127. The molecule has 7 heteroatoms. The molecule has 0 atom stereocenters. The van der Waals surface area contributed by atoms with E-state index in [2.05, 4.69) is 15.2 Å². The summed E-state index contributed by atoms with van der Waals surface area (Å²) < 4.78 is 27.2. The number of piperazine rings is 1. The first-order valence-corrected chi connectivity index (χ1v) is 7.85. The summed E-state index contributed by atoms with van der Waals surface area (Å²) in [6, 6.07) is 4.15. The van der Waals surface area contributed by atoms with E-state index in [0.717, 1.165) is 25.1 Å². The standard InChI is InChI=1S/C16H22F2N4.HI/c1-19-16(20-13-3-2-4-13)22-9-7-21(8-10-22)15-11-12(17)5-6-14(15)18;/h5-6,11,13H,2-4,7-10H2,1H3,(H,19,20);1H. The summed E-state index contributed by atoms with van der Waals surface area (Å²) in [7, 11) is 1.79. The van der Waals surface area contributed by atoms with Crippen LogP contribution in [0.1, 0.15) is 19.3 Å². The van der Waals surface area contributed by atoms with Crippen LogP contribution in [-0.2, 0) is 0 Å². The van der Waals surface area contributed by atoms with E-state index < -0.39 is 5.82 Å². The molecule has 0 aromatic heterocycles. The molecule has 0 spiro atoms. The zero-order chi connectivity index (χ0) is 15.5. The van der Waals surface area contributed by atoms with Crippen LogP contribution in [0, 0.1) is 11.6 Å². The van der Waals surface area contributed by atoms with E-state index in [9.17, 15) is 8.78 Å². The van der Waals surface area contributed by atoms with Crippen molar-refractivity contribution in [3.63, 3.8) is 0 Å². The molecule has 3 rings (SSSR count). The zero-order valence-corrected chi connectivity index (χ0v) is 15.6. The Hall–Kier alpha value is -1.12. The van der Waals surface area contributed by atoms with Gasteiger partial charge < -0.3 is 15.1 Å². The zero-order valence-electron chi connectivity index (χ0n) is 13.3. The fraction of sp³-hybridized carbons (Fsp3) is 0.562. The van der Waals surface area contributed by atoms with Crippen molar-refractivity contribution >= 4 is 35.6 Å². The van der Waals surface area contributed by atoms with Crippen molar-refractivity contribution < 1.29 is 8.78 Å². The predicted molar refractivity (Wildman–Crippen MR) is 99.7 cm³/mol. The Bertz CT molecular complexity index is 555. The highest BCUT2D eigenvalue weighted by molar-refractivity contribution is 14.0. The van der Waals surface area contributed by atoms with Crippen LogP contribution in [-0.4, -0.2) is 50.1 Å². The van der Waals surface area contributed by atoms with Crippen molar-refractivity contribution in [1.29, 1.82) is 0 Å². The molecule has 1 saturated carbocycles. The predicted octanol–water partition coefficient (Wildman–Crippen LogP) is 2.83. The molecule has 1 aromatic carbocycles. The number of rotatable bonds is 2. The van der Waals surface area contributed by atoms with Gasteiger partial charge in [0, 0.05) is 45.3 Å². The molecule has 0 bridgehead atoms. The maximum atomic E-state index is 13.8. The van der Waals surface area contributed by atoms with Crippen LogP contribution in [0.15, 0.2) is 23.2 Å². The Morgan fingerprint density at radius 1 is 1.17 bits per heavy atom. The van der Waals surface area contributed by atoms with Gasteiger partial charge in [-0.3, -0.25) is 4.99 Å². The Morgan fingerprint density at radius 2 is 1.87 bits per heavy atom. The van der Waals surface area contributed by atoms with Gasteiger partial charge in [-0.2, -0.15) is 0 Å². The molecule has 2 aliphatic rings. The van der Waals surface area contributed by atoms with E-state index in [-0.39, 0.29) is 29.8 Å². The van der Waals surface area contributed by atoms with Crippen molar-refractivity contribution in [3.8, 4) is 0 Å². The van der Waals surface area contributed by atoms with Crippen molar-refractivity contribution in [2.75, 3.05) is 38.1 Å². The molecule has 23 heavy (non-hydrogen) atoms. The molecule has 1 aliphatic carbocycles. The molecule has 1 aliphatic heterocycles. The normalized spacial score (nSPS) is 19.2. The summed E-state index contributed by atoms with van der Waals surface area (Å²) in [5.41, 5.74) is 0.349. The van der Waals surface area contributed by atoms with E-state index in [1.165, 1.54) is 31.4 Å². The number of hydrogen-bond donors (Lipinski definition) is 1. The number of nitrogens with zero attached hydrogens (tertiary/aromatic N) is 3. The minimum absolute atomic E-state index is 0. The summed E-state index contributed by atoms with van der Waals surface area (Å²) in [5.74, 6) is 0.150. The van der Waals surface area contributed by atoms with Gasteiger partial charge in [-0.15, -0.1) is 24.0 Å². The van der Waals surface area contributed by atoms with E-state index in [4.69, 9.17) is 0 Å². The number of anilines is 1. The lowest BCUT2D eigenvalue weighted by Crippen LogP contribution is -2.55. The molecule has 1 aromatic rings. The third-order valence-corrected chi connectivity index (χ3v) is 4.48. The van der Waals surface area contributed by atoms with Crippen LogP contribution in [0.2, 0.25) is 0 Å². The lowest BCUT2D eigenvalue weighted by Gasteiger charge is -2.39. The van der Waals surface area contributed by atoms with Gasteiger partial charge in [0.2, 0.25) is 0 Å². The summed E-state index contributed by atoms with van der Waals surface area (Å²) in [6.45, 7) is 2.82. The third kappa shape index (κ3) is 4.24. The highest BCUT2D eigenvalue weighted by Crippen LogP contribution is 2.22. The molecule has 128 valence electrons. The van der Waals surface area contributed by atoms with Gasteiger partial charge in [0.05, 0.1) is 5.69 Å². The van der Waals surface area contributed by atoms with Gasteiger partial charge in [0.15, 0.2) is 5.96 Å². The third-order valence-electron chi connectivity index (χ3n) is 4.48. The maximum absolute atomic E-state index is 13.8. The molecule has 2 fully saturated rings. The highest BCUT2D eigenvalue weighted by Gasteiger charge is 2.25. The van der Waals surface area contributed by atoms with Gasteiger partial charge >= 0.3 is 0 Å². The quantitative estimate of drug-likeness (QED) is 0.440. The van der Waals surface area contributed by atoms with Crippen LogP contribution in [0.4, 0.5) is 14.5 Å². The van der Waals surface area contributed by atoms with Gasteiger partial charge in [0.1, 0.15) is 11.6 Å². The molecule has 0 radical (unpaired) electrons. The van der Waals surface area contributed by atoms with Crippen molar-refractivity contribution in [1.82, 2.24) is 10.2 Å². The Balaban J connectivity index is 0.00000192. The van der Waals surface area contributed by atoms with E-state index >= 15 is 0 Å². The average molecular weight is 436 g/mol. The van der Waals surface area contributed by atoms with E-state index in [1.807, 2.05) is 4.90 Å². The number of aliphatic imine (C=N–C) groups is 1. The Labute approximate surface area is 153 Å². The largest absolute Gasteiger partial charge is 0.366 e. The second kappa shape index (κ2) is 8.12. The monoisotopic (exact) mass is 436 g/mol. The summed E-state index contributed by atoms with van der Waals surface area (Å²) >= 11 is 0. The molecular weight excluding hydrogens is 413 g/mol. The number of hydrogen-bond acceptors (Lipinski definition) is 2. The minimum atomic E-state index is -0.402. The lowest BCUT2D eigenvalue weighted by molar-refractivity contribution is 0.331. The van der Waals surface area contributed by atoms with Gasteiger partial charge in [-0.1, -0.05) is 0 Å². The topological polar surface area (TPSA) is 30.9 Å². The first-order chi connectivity index (χ1) is 10.7. The van der Waals surface area contributed by atoms with Crippen LogP contribution >= 0.6 is 24.0 Å². The maximum Gasteiger partial charge on any atom is 0.193 e. The van der Waals surface area contributed by atoms with Crippen molar-refractivity contribution in [2.45, 2.75) is 25.3 Å². The smallest absolute Gasteiger partial charge is 0.193 e. The molecule has 0 amide bonds. The number of guanidine groups is 1. The van der Waals surface area contributed by atoms with Crippen molar-refractivity contribution in [3.05, 3.63) is 29.8 Å². The summed E-state index contributed by atoms with van der Waals surface area (Å²) in [6.07, 6.45) is 3.68. The first-order valence-electron chi connectivity index (χ1n) is 7.85. The second-order valence-corrected chi connectivity index (χ2v) is 5.89. The minimum Gasteiger partial charge on any atom is -0.366 e. The molecule has 1 heterocycles. The fourth-order valence-electron chi connectivity index (χ4n) is 2.92. The second-order valence-electron chi connectivity index (χ2n) is 5.89. The summed E-state index contributed by atoms with van der Waals surface area (Å²) in [4.78, 5) is 8.42. The van der Waals surface area contributed by atoms with Gasteiger partial charge in [-0.05, 0) is 31.4 Å². The SMILES string of the molecule is CN=C(NC1CCC1)N1CCN(c2cc(F)ccc2F)CC1.I. The Kier molecular flexibility index (Phi) is 6.43. The number of nitrogens with one attached hydrogen (secondary N) is 1. The molecule has 1 saturated heterocycles. The fourth-order valence-corrected chi connectivity index (χ4v) is 2.92. The Morgan fingerprint density at radius 3 is 2.43 bits per heavy atom. The molecule has 0 unspecified atom stereocenters. The van der Waals surface area contributed by atoms with Crippen molar-refractivity contribution in [2.24, 2.45) is 4.99 Å². The van der Waals surface area contributed by atoms with Gasteiger partial charge in [-0.25, -0.2) is 8.78 Å².